The van der Waals surface area contributed by atoms with Crippen LogP contribution in [0.2, 0.25) is 0 Å². The maximum atomic E-state index is 14.0. The van der Waals surface area contributed by atoms with Gasteiger partial charge in [0.1, 0.15) is 11.4 Å². The van der Waals surface area contributed by atoms with Gasteiger partial charge in [-0.3, -0.25) is 0 Å². The number of alkyl halides is 3. The quantitative estimate of drug-likeness (QED) is 0.454. The van der Waals surface area contributed by atoms with Crippen LogP contribution in [0.1, 0.15) is 33.3 Å². The first-order valence-electron chi connectivity index (χ1n) is 6.13. The molecule has 0 aromatic carbocycles. The minimum atomic E-state index is -4.98. The molecule has 0 spiro atoms. The van der Waals surface area contributed by atoms with Crippen LogP contribution in [0, 0.1) is 11.8 Å². The van der Waals surface area contributed by atoms with Gasteiger partial charge in [0.2, 0.25) is 5.95 Å². The number of hydrogen-bond donors (Lipinski definition) is 0. The summed E-state index contributed by atoms with van der Waals surface area (Å²) in [5.74, 6) is -3.16. The van der Waals surface area contributed by atoms with E-state index >= 15 is 0 Å². The highest BCUT2D eigenvalue weighted by Gasteiger charge is 2.54. The Morgan fingerprint density at radius 3 is 1.95 bits per heavy atom. The van der Waals surface area contributed by atoms with Gasteiger partial charge in [-0.15, -0.1) is 0 Å². The summed E-state index contributed by atoms with van der Waals surface area (Å²) < 4.78 is 76.5. The smallest absolute Gasteiger partial charge is 0.399 e. The van der Waals surface area contributed by atoms with Gasteiger partial charge < -0.3 is 9.31 Å². The molecule has 21 heavy (non-hydrogen) atoms. The monoisotopic (exact) mass is 309 g/mol. The van der Waals surface area contributed by atoms with Crippen LogP contribution in [-0.2, 0) is 15.5 Å². The summed E-state index contributed by atoms with van der Waals surface area (Å²) in [6, 6.07) is 0. The Morgan fingerprint density at radius 1 is 1.05 bits per heavy atom. The number of hydrogen-bond acceptors (Lipinski definition) is 3. The fourth-order valence-corrected chi connectivity index (χ4v) is 1.84. The molecule has 0 saturated carbocycles. The molecule has 1 aliphatic rings. The molecule has 0 radical (unpaired) electrons. The number of halogens is 5. The van der Waals surface area contributed by atoms with Crippen molar-refractivity contribution in [3.63, 3.8) is 0 Å². The summed E-state index contributed by atoms with van der Waals surface area (Å²) in [4.78, 5) is 2.96. The molecule has 116 valence electrons. The van der Waals surface area contributed by atoms with Crippen molar-refractivity contribution in [3.05, 3.63) is 23.5 Å². The molecule has 0 amide bonds. The van der Waals surface area contributed by atoms with E-state index in [-0.39, 0.29) is 6.20 Å². The molecule has 2 heterocycles. The molecule has 0 bridgehead atoms. The Balaban J connectivity index is 2.51. The van der Waals surface area contributed by atoms with Crippen LogP contribution in [-0.4, -0.2) is 23.3 Å². The Bertz CT molecular complexity index is 558. The van der Waals surface area contributed by atoms with Crippen molar-refractivity contribution in [2.24, 2.45) is 0 Å². The second kappa shape index (κ2) is 4.64. The molecule has 1 saturated heterocycles. The van der Waals surface area contributed by atoms with Crippen molar-refractivity contribution < 1.29 is 31.3 Å². The lowest BCUT2D eigenvalue weighted by atomic mass is 9.78. The molecule has 0 aliphatic carbocycles. The molecular formula is C12H13BF5NO2. The average molecular weight is 309 g/mol. The zero-order valence-electron chi connectivity index (χ0n) is 11.8. The molecule has 9 heteroatoms. The third-order valence-corrected chi connectivity index (χ3v) is 3.80. The Hall–Kier alpha value is -1.22. The van der Waals surface area contributed by atoms with Gasteiger partial charge in [0.25, 0.3) is 0 Å². The summed E-state index contributed by atoms with van der Waals surface area (Å²) in [6.07, 6.45) is -4.87. The van der Waals surface area contributed by atoms with Crippen molar-refractivity contribution in [2.45, 2.75) is 45.1 Å². The molecule has 3 nitrogen and oxygen atoms in total. The standard InChI is InChI=1S/C12H13BF5NO2/c1-10(2)11(3,4)21-13(20-10)7-8(14)6(12(16,17)18)5-19-9(7)15/h5H,1-4H3. The average Bonchev–Trinajstić information content (AvgIpc) is 2.45. The molecule has 0 unspecified atom stereocenters. The number of nitrogens with zero attached hydrogens (tertiary/aromatic N) is 1. The minimum Gasteiger partial charge on any atom is -0.399 e. The van der Waals surface area contributed by atoms with Gasteiger partial charge in [-0.2, -0.15) is 17.6 Å². The molecule has 1 aromatic heterocycles. The fourth-order valence-electron chi connectivity index (χ4n) is 1.84. The third kappa shape index (κ3) is 2.64. The fraction of sp³-hybridized carbons (Fsp3) is 0.583. The summed E-state index contributed by atoms with van der Waals surface area (Å²) in [6.45, 7) is 6.46. The van der Waals surface area contributed by atoms with Crippen LogP contribution in [0.25, 0.3) is 0 Å². The van der Waals surface area contributed by atoms with Gasteiger partial charge in [0, 0.05) is 6.20 Å². The van der Waals surface area contributed by atoms with Crippen molar-refractivity contribution in [1.29, 1.82) is 0 Å². The highest BCUT2D eigenvalue weighted by molar-refractivity contribution is 6.62. The van der Waals surface area contributed by atoms with E-state index in [0.717, 1.165) is 0 Å². The molecule has 0 N–H and O–H groups in total. The Kier molecular flexibility index (Phi) is 3.57. The maximum absolute atomic E-state index is 14.0. The van der Waals surface area contributed by atoms with Gasteiger partial charge in [-0.05, 0) is 27.7 Å². The molecule has 2 rings (SSSR count). The molecular weight excluding hydrogens is 296 g/mol. The van der Waals surface area contributed by atoms with Crippen LogP contribution in [0.5, 0.6) is 0 Å². The van der Waals surface area contributed by atoms with Crippen LogP contribution in [0.3, 0.4) is 0 Å². The van der Waals surface area contributed by atoms with Gasteiger partial charge in [-0.1, -0.05) is 0 Å². The zero-order valence-corrected chi connectivity index (χ0v) is 11.8. The highest BCUT2D eigenvalue weighted by atomic mass is 19.4. The number of aromatic nitrogens is 1. The van der Waals surface area contributed by atoms with E-state index < -0.39 is 47.3 Å². The van der Waals surface area contributed by atoms with Crippen molar-refractivity contribution in [2.75, 3.05) is 0 Å². The predicted molar refractivity (Wildman–Crippen MR) is 64.9 cm³/mol. The lowest BCUT2D eigenvalue weighted by Crippen LogP contribution is -2.41. The van der Waals surface area contributed by atoms with Crippen LogP contribution in [0.15, 0.2) is 6.20 Å². The van der Waals surface area contributed by atoms with Crippen molar-refractivity contribution >= 4 is 12.6 Å². The third-order valence-electron chi connectivity index (χ3n) is 3.80. The van der Waals surface area contributed by atoms with Gasteiger partial charge in [0.05, 0.1) is 16.7 Å². The maximum Gasteiger partial charge on any atom is 0.502 e. The number of pyridine rings is 1. The molecule has 1 aromatic rings. The lowest BCUT2D eigenvalue weighted by molar-refractivity contribution is -0.140. The first-order chi connectivity index (χ1) is 9.37. The first-order valence-corrected chi connectivity index (χ1v) is 6.13. The van der Waals surface area contributed by atoms with E-state index in [9.17, 15) is 22.0 Å². The summed E-state index contributed by atoms with van der Waals surface area (Å²) in [5, 5.41) is 0. The first kappa shape index (κ1) is 16.2. The molecule has 1 fully saturated rings. The number of rotatable bonds is 1. The van der Waals surface area contributed by atoms with E-state index in [0.29, 0.717) is 0 Å². The van der Waals surface area contributed by atoms with Crippen molar-refractivity contribution in [3.8, 4) is 0 Å². The SMILES string of the molecule is CC1(C)OB(c2c(F)ncc(C(F)(F)F)c2F)OC1(C)C. The van der Waals surface area contributed by atoms with E-state index in [2.05, 4.69) is 4.98 Å². The van der Waals surface area contributed by atoms with E-state index in [4.69, 9.17) is 9.31 Å². The predicted octanol–water partition coefficient (Wildman–Crippen LogP) is 2.68. The van der Waals surface area contributed by atoms with Crippen LogP contribution < -0.4 is 5.46 Å². The van der Waals surface area contributed by atoms with Crippen molar-refractivity contribution in [1.82, 2.24) is 4.98 Å². The topological polar surface area (TPSA) is 31.4 Å². The van der Waals surface area contributed by atoms with Crippen LogP contribution >= 0.6 is 0 Å². The largest absolute Gasteiger partial charge is 0.502 e. The van der Waals surface area contributed by atoms with Gasteiger partial charge >= 0.3 is 13.3 Å². The van der Waals surface area contributed by atoms with Gasteiger partial charge in [0.15, 0.2) is 0 Å². The summed E-state index contributed by atoms with van der Waals surface area (Å²) in [5.41, 5.74) is -4.51. The van der Waals surface area contributed by atoms with Crippen LogP contribution in [0.4, 0.5) is 22.0 Å². The Labute approximate surface area is 118 Å². The van der Waals surface area contributed by atoms with E-state index in [1.54, 1.807) is 27.7 Å². The summed E-state index contributed by atoms with van der Waals surface area (Å²) in [7, 11) is -1.59. The molecule has 1 aliphatic heterocycles. The molecule has 0 atom stereocenters. The Morgan fingerprint density at radius 2 is 1.52 bits per heavy atom. The minimum absolute atomic E-state index is 0.111. The second-order valence-corrected chi connectivity index (χ2v) is 5.78. The van der Waals surface area contributed by atoms with Gasteiger partial charge in [-0.25, -0.2) is 9.37 Å². The summed E-state index contributed by atoms with van der Waals surface area (Å²) >= 11 is 0. The lowest BCUT2D eigenvalue weighted by Gasteiger charge is -2.32. The van der Waals surface area contributed by atoms with E-state index in [1.807, 2.05) is 0 Å². The highest BCUT2D eigenvalue weighted by Crippen LogP contribution is 2.37. The normalized spacial score (nSPS) is 20.9. The van der Waals surface area contributed by atoms with E-state index in [1.165, 1.54) is 0 Å². The zero-order chi connectivity index (χ0) is 16.2. The second-order valence-electron chi connectivity index (χ2n) is 5.78.